The number of thiophene rings is 1. The predicted octanol–water partition coefficient (Wildman–Crippen LogP) is 2.10. The number of rotatable bonds is 8. The smallest absolute Gasteiger partial charge is 0.310 e. The van der Waals surface area contributed by atoms with Crippen LogP contribution in [0, 0.1) is 0 Å². The molecule has 1 unspecified atom stereocenters. The summed E-state index contributed by atoms with van der Waals surface area (Å²) in [6.45, 7) is 5.18. The van der Waals surface area contributed by atoms with Crippen LogP contribution >= 0.6 is 11.3 Å². The van der Waals surface area contributed by atoms with Crippen molar-refractivity contribution in [3.63, 3.8) is 0 Å². The summed E-state index contributed by atoms with van der Waals surface area (Å²) in [7, 11) is 1.40. The lowest BCUT2D eigenvalue weighted by atomic mass is 9.95. The number of methoxy groups -OCH3 is 1. The van der Waals surface area contributed by atoms with Crippen molar-refractivity contribution in [3.8, 4) is 0 Å². The van der Waals surface area contributed by atoms with Gasteiger partial charge in [-0.1, -0.05) is 6.92 Å². The van der Waals surface area contributed by atoms with E-state index in [1.54, 1.807) is 11.3 Å². The van der Waals surface area contributed by atoms with Crippen LogP contribution in [0.15, 0.2) is 12.1 Å². The molecule has 1 aromatic rings. The Labute approximate surface area is 118 Å². The maximum absolute atomic E-state index is 11.2. The summed E-state index contributed by atoms with van der Waals surface area (Å²) >= 11 is 1.62. The number of hydrogen-bond acceptors (Lipinski definition) is 5. The van der Waals surface area contributed by atoms with Crippen LogP contribution in [0.1, 0.15) is 36.4 Å². The number of nitrogens with one attached hydrogen (secondary N) is 1. The Morgan fingerprint density at radius 1 is 1.47 bits per heavy atom. The summed E-state index contributed by atoms with van der Waals surface area (Å²) in [5.74, 6) is -0.208. The number of aliphatic hydroxyl groups excluding tert-OH is 1. The molecule has 0 radical (unpaired) electrons. The van der Waals surface area contributed by atoms with Crippen LogP contribution in [0.4, 0.5) is 0 Å². The van der Waals surface area contributed by atoms with Gasteiger partial charge in [0.2, 0.25) is 0 Å². The average Bonchev–Trinajstić information content (AvgIpc) is 2.84. The van der Waals surface area contributed by atoms with E-state index in [1.165, 1.54) is 12.0 Å². The van der Waals surface area contributed by atoms with E-state index in [1.807, 2.05) is 12.1 Å². The highest BCUT2D eigenvalue weighted by molar-refractivity contribution is 7.12. The molecule has 2 N–H and O–H groups in total. The molecule has 0 amide bonds. The first kappa shape index (κ1) is 16.1. The van der Waals surface area contributed by atoms with E-state index in [4.69, 9.17) is 5.11 Å². The first-order chi connectivity index (χ1) is 9.03. The standard InChI is InChI=1S/C14H23NO3S/c1-4-14(2,7-8-16)15-10-12-6-5-11(19-12)9-13(17)18-3/h5-6,15-16H,4,7-10H2,1-3H3. The van der Waals surface area contributed by atoms with E-state index in [2.05, 4.69) is 23.9 Å². The highest BCUT2D eigenvalue weighted by atomic mass is 32.1. The number of carbonyl (C=O) groups excluding carboxylic acids is 1. The number of carbonyl (C=O) groups is 1. The molecule has 0 aliphatic carbocycles. The van der Waals surface area contributed by atoms with E-state index in [9.17, 15) is 4.79 Å². The minimum Gasteiger partial charge on any atom is -0.469 e. The van der Waals surface area contributed by atoms with Gasteiger partial charge in [-0.2, -0.15) is 0 Å². The second-order valence-electron chi connectivity index (χ2n) is 4.86. The molecule has 0 aliphatic rings. The minimum absolute atomic E-state index is 0.0404. The summed E-state index contributed by atoms with van der Waals surface area (Å²) in [6, 6.07) is 4.00. The van der Waals surface area contributed by atoms with Crippen LogP contribution in [0.25, 0.3) is 0 Å². The Hall–Kier alpha value is -0.910. The molecule has 0 bridgehead atoms. The van der Waals surface area contributed by atoms with Crippen molar-refractivity contribution in [2.75, 3.05) is 13.7 Å². The summed E-state index contributed by atoms with van der Waals surface area (Å²) in [6.07, 6.45) is 2.04. The molecule has 0 aliphatic heterocycles. The highest BCUT2D eigenvalue weighted by Gasteiger charge is 2.20. The minimum atomic E-state index is -0.208. The SMILES string of the molecule is CCC(C)(CCO)NCc1ccc(CC(=O)OC)s1. The number of esters is 1. The van der Waals surface area contributed by atoms with Gasteiger partial charge in [0.05, 0.1) is 13.5 Å². The van der Waals surface area contributed by atoms with Crippen molar-refractivity contribution in [2.24, 2.45) is 0 Å². The fourth-order valence-corrected chi connectivity index (χ4v) is 2.71. The molecule has 0 saturated carbocycles. The zero-order valence-corrected chi connectivity index (χ0v) is 12.7. The molecule has 5 heteroatoms. The van der Waals surface area contributed by atoms with Gasteiger partial charge in [0, 0.05) is 28.4 Å². The Bertz CT molecular complexity index is 405. The van der Waals surface area contributed by atoms with Crippen molar-refractivity contribution >= 4 is 17.3 Å². The normalized spacial score (nSPS) is 14.1. The maximum Gasteiger partial charge on any atom is 0.310 e. The molecule has 1 rings (SSSR count). The second kappa shape index (κ2) is 7.62. The van der Waals surface area contributed by atoms with Crippen molar-refractivity contribution in [1.29, 1.82) is 0 Å². The maximum atomic E-state index is 11.2. The fourth-order valence-electron chi connectivity index (χ4n) is 1.76. The molecule has 0 spiro atoms. The lowest BCUT2D eigenvalue weighted by Gasteiger charge is -2.28. The molecule has 0 aromatic carbocycles. The first-order valence-electron chi connectivity index (χ1n) is 6.53. The summed E-state index contributed by atoms with van der Waals surface area (Å²) < 4.78 is 4.65. The molecule has 1 aromatic heterocycles. The fraction of sp³-hybridized carbons (Fsp3) is 0.643. The first-order valence-corrected chi connectivity index (χ1v) is 7.35. The molecular weight excluding hydrogens is 262 g/mol. The van der Waals surface area contributed by atoms with Gasteiger partial charge in [-0.05, 0) is 31.9 Å². The van der Waals surface area contributed by atoms with Crippen molar-refractivity contribution in [3.05, 3.63) is 21.9 Å². The van der Waals surface area contributed by atoms with Crippen LogP contribution in [0.3, 0.4) is 0 Å². The van der Waals surface area contributed by atoms with Gasteiger partial charge in [0.1, 0.15) is 0 Å². The topological polar surface area (TPSA) is 58.6 Å². The average molecular weight is 285 g/mol. The van der Waals surface area contributed by atoms with E-state index in [0.717, 1.165) is 24.3 Å². The summed E-state index contributed by atoms with van der Waals surface area (Å²) in [4.78, 5) is 13.4. The number of hydrogen-bond donors (Lipinski definition) is 2. The van der Waals surface area contributed by atoms with E-state index in [0.29, 0.717) is 6.42 Å². The van der Waals surface area contributed by atoms with E-state index < -0.39 is 0 Å². The molecule has 1 atom stereocenters. The third-order valence-electron chi connectivity index (χ3n) is 3.40. The van der Waals surface area contributed by atoms with Gasteiger partial charge in [0.15, 0.2) is 0 Å². The monoisotopic (exact) mass is 285 g/mol. The Morgan fingerprint density at radius 3 is 2.74 bits per heavy atom. The predicted molar refractivity (Wildman–Crippen MR) is 77.3 cm³/mol. The van der Waals surface area contributed by atoms with Crippen molar-refractivity contribution < 1.29 is 14.6 Å². The van der Waals surface area contributed by atoms with Gasteiger partial charge >= 0.3 is 5.97 Å². The molecular formula is C14H23NO3S. The largest absolute Gasteiger partial charge is 0.469 e. The highest BCUT2D eigenvalue weighted by Crippen LogP contribution is 2.20. The molecule has 108 valence electrons. The van der Waals surface area contributed by atoms with Gasteiger partial charge in [-0.15, -0.1) is 11.3 Å². The molecule has 1 heterocycles. The van der Waals surface area contributed by atoms with E-state index >= 15 is 0 Å². The van der Waals surface area contributed by atoms with Gasteiger partial charge < -0.3 is 15.2 Å². The zero-order chi connectivity index (χ0) is 14.3. The van der Waals surface area contributed by atoms with Crippen LogP contribution in [0.5, 0.6) is 0 Å². The lowest BCUT2D eigenvalue weighted by Crippen LogP contribution is -2.41. The second-order valence-corrected chi connectivity index (χ2v) is 6.12. The van der Waals surface area contributed by atoms with Crippen LogP contribution < -0.4 is 5.32 Å². The Balaban J connectivity index is 2.51. The van der Waals surface area contributed by atoms with Gasteiger partial charge in [-0.25, -0.2) is 0 Å². The molecule has 0 saturated heterocycles. The summed E-state index contributed by atoms with van der Waals surface area (Å²) in [5, 5.41) is 12.5. The van der Waals surface area contributed by atoms with Gasteiger partial charge in [-0.3, -0.25) is 4.79 Å². The number of ether oxygens (including phenoxy) is 1. The molecule has 4 nitrogen and oxygen atoms in total. The Morgan fingerprint density at radius 2 is 2.16 bits per heavy atom. The van der Waals surface area contributed by atoms with Crippen molar-refractivity contribution in [1.82, 2.24) is 5.32 Å². The van der Waals surface area contributed by atoms with E-state index in [-0.39, 0.29) is 18.1 Å². The third kappa shape index (κ3) is 5.30. The molecule has 19 heavy (non-hydrogen) atoms. The van der Waals surface area contributed by atoms with Crippen LogP contribution in [-0.4, -0.2) is 30.3 Å². The quantitative estimate of drug-likeness (QED) is 0.718. The molecule has 0 fully saturated rings. The number of aliphatic hydroxyl groups is 1. The zero-order valence-electron chi connectivity index (χ0n) is 11.9. The third-order valence-corrected chi connectivity index (χ3v) is 4.48. The van der Waals surface area contributed by atoms with Crippen molar-refractivity contribution in [2.45, 2.75) is 45.2 Å². The van der Waals surface area contributed by atoms with Gasteiger partial charge in [0.25, 0.3) is 0 Å². The van der Waals surface area contributed by atoms with Crippen LogP contribution in [0.2, 0.25) is 0 Å². The summed E-state index contributed by atoms with van der Waals surface area (Å²) in [5.41, 5.74) is -0.0404. The lowest BCUT2D eigenvalue weighted by molar-refractivity contribution is -0.139. The Kier molecular flexibility index (Phi) is 6.48. The van der Waals surface area contributed by atoms with Crippen LogP contribution in [-0.2, 0) is 22.5 Å².